The molecule has 0 spiro atoms. The Hall–Kier alpha value is -1.56. The third kappa shape index (κ3) is 3.90. The lowest BCUT2D eigenvalue weighted by Gasteiger charge is -2.06. The van der Waals surface area contributed by atoms with Crippen molar-refractivity contribution in [1.29, 1.82) is 0 Å². The van der Waals surface area contributed by atoms with Crippen molar-refractivity contribution in [1.82, 2.24) is 5.43 Å². The Kier molecular flexibility index (Phi) is 4.78. The van der Waals surface area contributed by atoms with Gasteiger partial charge < -0.3 is 10.5 Å². The summed E-state index contributed by atoms with van der Waals surface area (Å²) in [4.78, 5) is 10.4. The van der Waals surface area contributed by atoms with Gasteiger partial charge >= 0.3 is 6.03 Å². The molecule has 0 aliphatic rings. The van der Waals surface area contributed by atoms with E-state index in [4.69, 9.17) is 10.5 Å². The van der Waals surface area contributed by atoms with Gasteiger partial charge in [-0.05, 0) is 25.1 Å². The molecule has 0 saturated carbocycles. The Labute approximate surface area is 102 Å². The molecule has 0 fully saturated rings. The number of rotatable bonds is 4. The predicted molar refractivity (Wildman–Crippen MR) is 65.6 cm³/mol. The minimum Gasteiger partial charge on any atom is -0.493 e. The number of benzene rings is 1. The van der Waals surface area contributed by atoms with E-state index in [0.717, 1.165) is 10.0 Å². The second-order valence-electron chi connectivity index (χ2n) is 2.85. The molecule has 3 N–H and O–H groups in total. The standard InChI is InChI=1S/C10H12BrN3O2/c1-2-16-9-4-3-8(11)5-7(9)6-13-14-10(12)15/h3-6H,2H2,1H3,(H3,12,14,15)/b13-6+. The van der Waals surface area contributed by atoms with Crippen molar-refractivity contribution >= 4 is 28.2 Å². The number of halogens is 1. The lowest BCUT2D eigenvalue weighted by molar-refractivity contribution is 0.249. The first-order chi connectivity index (χ1) is 7.63. The van der Waals surface area contributed by atoms with Gasteiger partial charge in [-0.15, -0.1) is 0 Å². The fourth-order valence-corrected chi connectivity index (χ4v) is 1.45. The van der Waals surface area contributed by atoms with Crippen LogP contribution in [0.2, 0.25) is 0 Å². The first-order valence-electron chi connectivity index (χ1n) is 4.64. The van der Waals surface area contributed by atoms with Gasteiger partial charge in [-0.2, -0.15) is 5.10 Å². The zero-order valence-corrected chi connectivity index (χ0v) is 10.3. The Morgan fingerprint density at radius 1 is 1.69 bits per heavy atom. The zero-order chi connectivity index (χ0) is 12.0. The van der Waals surface area contributed by atoms with Crippen molar-refractivity contribution in [3.63, 3.8) is 0 Å². The predicted octanol–water partition coefficient (Wildman–Crippen LogP) is 1.85. The summed E-state index contributed by atoms with van der Waals surface area (Å²) in [5.74, 6) is 0.695. The van der Waals surface area contributed by atoms with E-state index in [1.54, 1.807) is 0 Å². The highest BCUT2D eigenvalue weighted by Crippen LogP contribution is 2.21. The van der Waals surface area contributed by atoms with E-state index in [9.17, 15) is 4.79 Å². The van der Waals surface area contributed by atoms with Crippen LogP contribution in [0.4, 0.5) is 4.79 Å². The largest absolute Gasteiger partial charge is 0.493 e. The van der Waals surface area contributed by atoms with Crippen molar-refractivity contribution in [3.8, 4) is 5.75 Å². The maximum absolute atomic E-state index is 10.4. The number of hydrazone groups is 1. The summed E-state index contributed by atoms with van der Waals surface area (Å²) in [5, 5.41) is 3.67. The molecular formula is C10H12BrN3O2. The maximum atomic E-state index is 10.4. The molecule has 16 heavy (non-hydrogen) atoms. The van der Waals surface area contributed by atoms with Gasteiger partial charge in [0.05, 0.1) is 12.8 Å². The lowest BCUT2D eigenvalue weighted by atomic mass is 10.2. The van der Waals surface area contributed by atoms with E-state index in [0.29, 0.717) is 12.4 Å². The molecule has 86 valence electrons. The molecule has 0 saturated heterocycles. The van der Waals surface area contributed by atoms with E-state index in [-0.39, 0.29) is 0 Å². The topological polar surface area (TPSA) is 76.7 Å². The molecule has 0 atom stereocenters. The second-order valence-corrected chi connectivity index (χ2v) is 3.77. The first-order valence-corrected chi connectivity index (χ1v) is 5.43. The fourth-order valence-electron chi connectivity index (χ4n) is 1.07. The van der Waals surface area contributed by atoms with Crippen LogP contribution >= 0.6 is 15.9 Å². The minimum absolute atomic E-state index is 0.561. The van der Waals surface area contributed by atoms with E-state index < -0.39 is 6.03 Å². The summed E-state index contributed by atoms with van der Waals surface area (Å²) in [6, 6.07) is 4.81. The first kappa shape index (κ1) is 12.5. The fraction of sp³-hybridized carbons (Fsp3) is 0.200. The number of ether oxygens (including phenoxy) is 1. The van der Waals surface area contributed by atoms with Crippen LogP contribution < -0.4 is 15.9 Å². The van der Waals surface area contributed by atoms with Crippen LogP contribution in [0.5, 0.6) is 5.75 Å². The Morgan fingerprint density at radius 2 is 2.44 bits per heavy atom. The number of hydrogen-bond acceptors (Lipinski definition) is 3. The zero-order valence-electron chi connectivity index (χ0n) is 8.74. The highest BCUT2D eigenvalue weighted by Gasteiger charge is 2.01. The van der Waals surface area contributed by atoms with Gasteiger partial charge in [0.25, 0.3) is 0 Å². The smallest absolute Gasteiger partial charge is 0.332 e. The quantitative estimate of drug-likeness (QED) is 0.654. The van der Waals surface area contributed by atoms with Crippen molar-refractivity contribution in [2.45, 2.75) is 6.92 Å². The molecule has 2 amide bonds. The summed E-state index contributed by atoms with van der Waals surface area (Å²) in [7, 11) is 0. The Morgan fingerprint density at radius 3 is 3.06 bits per heavy atom. The van der Waals surface area contributed by atoms with E-state index in [1.165, 1.54) is 6.21 Å². The van der Waals surface area contributed by atoms with Crippen LogP contribution in [0.3, 0.4) is 0 Å². The number of amides is 2. The number of urea groups is 1. The van der Waals surface area contributed by atoms with Gasteiger partial charge in [0.15, 0.2) is 0 Å². The van der Waals surface area contributed by atoms with Crippen molar-refractivity contribution in [2.75, 3.05) is 6.61 Å². The van der Waals surface area contributed by atoms with Crippen LogP contribution in [-0.2, 0) is 0 Å². The number of primary amides is 1. The molecule has 0 aliphatic carbocycles. The highest BCUT2D eigenvalue weighted by molar-refractivity contribution is 9.10. The molecule has 1 aromatic carbocycles. The summed E-state index contributed by atoms with van der Waals surface area (Å²) in [5.41, 5.74) is 7.75. The molecule has 1 aromatic rings. The number of nitrogens with one attached hydrogen (secondary N) is 1. The molecule has 1 rings (SSSR count). The van der Waals surface area contributed by atoms with E-state index in [2.05, 4.69) is 26.5 Å². The monoisotopic (exact) mass is 285 g/mol. The van der Waals surface area contributed by atoms with Gasteiger partial charge in [0.2, 0.25) is 0 Å². The molecule has 6 heteroatoms. The van der Waals surface area contributed by atoms with Crippen molar-refractivity contribution in [3.05, 3.63) is 28.2 Å². The minimum atomic E-state index is -0.704. The summed E-state index contributed by atoms with van der Waals surface area (Å²) in [6.45, 7) is 2.45. The molecule has 5 nitrogen and oxygen atoms in total. The van der Waals surface area contributed by atoms with E-state index >= 15 is 0 Å². The number of nitrogens with two attached hydrogens (primary N) is 1. The second kappa shape index (κ2) is 6.12. The Balaban J connectivity index is 2.86. The van der Waals surface area contributed by atoms with Crippen LogP contribution in [0, 0.1) is 0 Å². The average molecular weight is 286 g/mol. The van der Waals surface area contributed by atoms with Crippen LogP contribution in [0.1, 0.15) is 12.5 Å². The summed E-state index contributed by atoms with van der Waals surface area (Å²) >= 11 is 3.34. The molecule has 0 heterocycles. The van der Waals surface area contributed by atoms with Crippen molar-refractivity contribution < 1.29 is 9.53 Å². The maximum Gasteiger partial charge on any atom is 0.332 e. The SMILES string of the molecule is CCOc1ccc(Br)cc1/C=N/NC(N)=O. The summed E-state index contributed by atoms with van der Waals surface area (Å²) < 4.78 is 6.29. The third-order valence-corrected chi connectivity index (χ3v) is 2.14. The molecule has 0 unspecified atom stereocenters. The molecular weight excluding hydrogens is 274 g/mol. The van der Waals surface area contributed by atoms with Gasteiger partial charge in [-0.25, -0.2) is 10.2 Å². The van der Waals surface area contributed by atoms with Crippen LogP contribution in [-0.4, -0.2) is 18.9 Å². The number of nitrogens with zero attached hydrogens (tertiary/aromatic N) is 1. The van der Waals surface area contributed by atoms with Gasteiger partial charge in [0.1, 0.15) is 5.75 Å². The van der Waals surface area contributed by atoms with E-state index in [1.807, 2.05) is 25.1 Å². The van der Waals surface area contributed by atoms with Crippen LogP contribution in [0.15, 0.2) is 27.8 Å². The van der Waals surface area contributed by atoms with Gasteiger partial charge in [-0.3, -0.25) is 0 Å². The Bertz CT molecular complexity index is 407. The number of carbonyl (C=O) groups excluding carboxylic acids is 1. The van der Waals surface area contributed by atoms with Crippen LogP contribution in [0.25, 0.3) is 0 Å². The molecule has 0 bridgehead atoms. The third-order valence-electron chi connectivity index (χ3n) is 1.65. The van der Waals surface area contributed by atoms with Gasteiger partial charge in [0, 0.05) is 10.0 Å². The normalized spacial score (nSPS) is 10.4. The molecule has 0 aliphatic heterocycles. The number of hydrogen-bond donors (Lipinski definition) is 2. The molecule has 0 aromatic heterocycles. The van der Waals surface area contributed by atoms with Gasteiger partial charge in [-0.1, -0.05) is 15.9 Å². The van der Waals surface area contributed by atoms with Crippen molar-refractivity contribution in [2.24, 2.45) is 10.8 Å². The average Bonchev–Trinajstić information content (AvgIpc) is 2.21. The summed E-state index contributed by atoms with van der Waals surface area (Å²) in [6.07, 6.45) is 1.47. The highest BCUT2D eigenvalue weighted by atomic mass is 79.9. The lowest BCUT2D eigenvalue weighted by Crippen LogP contribution is -2.24. The molecule has 0 radical (unpaired) electrons. The number of carbonyl (C=O) groups is 1.